The maximum Gasteiger partial charge on any atom is 0.126 e. The molecule has 0 aliphatic rings. The lowest BCUT2D eigenvalue weighted by Gasteiger charge is -2.22. The number of rotatable bonds is 4. The largest absolute Gasteiger partial charge is 0.392 e. The first-order valence-electron chi connectivity index (χ1n) is 5.53. The van der Waals surface area contributed by atoms with Crippen LogP contribution in [0.5, 0.6) is 0 Å². The summed E-state index contributed by atoms with van der Waals surface area (Å²) in [5.41, 5.74) is 0.236. The lowest BCUT2D eigenvalue weighted by Crippen LogP contribution is -2.25. The lowest BCUT2D eigenvalue weighted by molar-refractivity contribution is 0.0913. The number of benzene rings is 1. The molecule has 0 fully saturated rings. The molecule has 0 aromatic heterocycles. The SMILES string of the molecule is CC(C)C(C)C(O)Cc1cc(F)ccc1F. The van der Waals surface area contributed by atoms with Crippen LogP contribution >= 0.6 is 0 Å². The molecule has 0 radical (unpaired) electrons. The van der Waals surface area contributed by atoms with Crippen molar-refractivity contribution in [2.24, 2.45) is 11.8 Å². The first-order valence-corrected chi connectivity index (χ1v) is 5.53. The molecule has 16 heavy (non-hydrogen) atoms. The van der Waals surface area contributed by atoms with Gasteiger partial charge in [-0.15, -0.1) is 0 Å². The molecule has 1 aromatic rings. The highest BCUT2D eigenvalue weighted by molar-refractivity contribution is 5.19. The molecule has 1 N–H and O–H groups in total. The molecule has 90 valence electrons. The van der Waals surface area contributed by atoms with Gasteiger partial charge in [0, 0.05) is 6.42 Å². The molecular weight excluding hydrogens is 210 g/mol. The first-order chi connectivity index (χ1) is 7.41. The molecule has 1 nitrogen and oxygen atoms in total. The molecular formula is C13H18F2O. The molecule has 0 heterocycles. The van der Waals surface area contributed by atoms with Crippen LogP contribution in [0.25, 0.3) is 0 Å². The van der Waals surface area contributed by atoms with E-state index in [1.54, 1.807) is 0 Å². The Hall–Kier alpha value is -0.960. The van der Waals surface area contributed by atoms with Gasteiger partial charge in [0.15, 0.2) is 0 Å². The maximum absolute atomic E-state index is 13.3. The van der Waals surface area contributed by atoms with Crippen molar-refractivity contribution in [3.8, 4) is 0 Å². The van der Waals surface area contributed by atoms with Gasteiger partial charge in [0.05, 0.1) is 6.10 Å². The number of aliphatic hydroxyl groups excluding tert-OH is 1. The van der Waals surface area contributed by atoms with E-state index in [4.69, 9.17) is 0 Å². The van der Waals surface area contributed by atoms with E-state index < -0.39 is 17.7 Å². The Balaban J connectivity index is 2.76. The van der Waals surface area contributed by atoms with Crippen molar-refractivity contribution in [3.63, 3.8) is 0 Å². The Morgan fingerprint density at radius 3 is 2.38 bits per heavy atom. The quantitative estimate of drug-likeness (QED) is 0.839. The van der Waals surface area contributed by atoms with Crippen molar-refractivity contribution in [1.82, 2.24) is 0 Å². The van der Waals surface area contributed by atoms with Crippen LogP contribution in [0.1, 0.15) is 26.3 Å². The van der Waals surface area contributed by atoms with Crippen LogP contribution in [-0.4, -0.2) is 11.2 Å². The van der Waals surface area contributed by atoms with E-state index in [0.717, 1.165) is 18.2 Å². The van der Waals surface area contributed by atoms with E-state index in [1.807, 2.05) is 20.8 Å². The highest BCUT2D eigenvalue weighted by atomic mass is 19.1. The monoisotopic (exact) mass is 228 g/mol. The Kier molecular flexibility index (Phi) is 4.42. The molecule has 0 spiro atoms. The van der Waals surface area contributed by atoms with Gasteiger partial charge in [0.1, 0.15) is 11.6 Å². The van der Waals surface area contributed by atoms with Crippen LogP contribution in [-0.2, 0) is 6.42 Å². The minimum absolute atomic E-state index is 0.0580. The summed E-state index contributed by atoms with van der Waals surface area (Å²) in [6, 6.07) is 3.32. The highest BCUT2D eigenvalue weighted by Crippen LogP contribution is 2.20. The molecule has 0 aliphatic carbocycles. The summed E-state index contributed by atoms with van der Waals surface area (Å²) in [5, 5.41) is 9.87. The van der Waals surface area contributed by atoms with E-state index in [2.05, 4.69) is 0 Å². The fourth-order valence-corrected chi connectivity index (χ4v) is 1.56. The van der Waals surface area contributed by atoms with Gasteiger partial charge in [-0.25, -0.2) is 8.78 Å². The summed E-state index contributed by atoms with van der Waals surface area (Å²) in [7, 11) is 0. The number of aliphatic hydroxyl groups is 1. The zero-order chi connectivity index (χ0) is 12.3. The molecule has 0 saturated carbocycles. The van der Waals surface area contributed by atoms with Crippen molar-refractivity contribution < 1.29 is 13.9 Å². The van der Waals surface area contributed by atoms with Gasteiger partial charge < -0.3 is 5.11 Å². The predicted molar refractivity (Wildman–Crippen MR) is 60.1 cm³/mol. The van der Waals surface area contributed by atoms with E-state index in [0.29, 0.717) is 5.92 Å². The van der Waals surface area contributed by atoms with E-state index >= 15 is 0 Å². The van der Waals surface area contributed by atoms with Crippen molar-refractivity contribution >= 4 is 0 Å². The van der Waals surface area contributed by atoms with E-state index in [9.17, 15) is 13.9 Å². The highest BCUT2D eigenvalue weighted by Gasteiger charge is 2.19. The first kappa shape index (κ1) is 13.1. The van der Waals surface area contributed by atoms with Gasteiger partial charge >= 0.3 is 0 Å². The summed E-state index contributed by atoms with van der Waals surface area (Å²) in [6.07, 6.45) is -0.487. The fourth-order valence-electron chi connectivity index (χ4n) is 1.56. The van der Waals surface area contributed by atoms with Gasteiger partial charge in [-0.1, -0.05) is 20.8 Å². The topological polar surface area (TPSA) is 20.2 Å². The van der Waals surface area contributed by atoms with Crippen molar-refractivity contribution in [3.05, 3.63) is 35.4 Å². The molecule has 1 aromatic carbocycles. The van der Waals surface area contributed by atoms with Crippen LogP contribution < -0.4 is 0 Å². The lowest BCUT2D eigenvalue weighted by atomic mass is 9.88. The second-order valence-electron chi connectivity index (χ2n) is 4.61. The van der Waals surface area contributed by atoms with E-state index in [-0.39, 0.29) is 17.9 Å². The molecule has 2 atom stereocenters. The molecule has 1 rings (SSSR count). The zero-order valence-corrected chi connectivity index (χ0v) is 9.87. The van der Waals surface area contributed by atoms with Crippen molar-refractivity contribution in [2.75, 3.05) is 0 Å². The molecule has 0 aliphatic heterocycles. The number of halogens is 2. The second kappa shape index (κ2) is 5.39. The third kappa shape index (κ3) is 3.27. The van der Waals surface area contributed by atoms with Crippen LogP contribution in [0.3, 0.4) is 0 Å². The van der Waals surface area contributed by atoms with Gasteiger partial charge in [-0.2, -0.15) is 0 Å². The molecule has 3 heteroatoms. The average molecular weight is 228 g/mol. The van der Waals surface area contributed by atoms with Gasteiger partial charge in [-0.05, 0) is 35.6 Å². The standard InChI is InChI=1S/C13H18F2O/c1-8(2)9(3)13(16)7-10-6-11(14)4-5-12(10)15/h4-6,8-9,13,16H,7H2,1-3H3. The third-order valence-electron chi connectivity index (χ3n) is 3.10. The van der Waals surface area contributed by atoms with Gasteiger partial charge in [-0.3, -0.25) is 0 Å². The fraction of sp³-hybridized carbons (Fsp3) is 0.538. The summed E-state index contributed by atoms with van der Waals surface area (Å²) >= 11 is 0. The average Bonchev–Trinajstić information content (AvgIpc) is 2.22. The summed E-state index contributed by atoms with van der Waals surface area (Å²) in [5.74, 6) is -0.563. The third-order valence-corrected chi connectivity index (χ3v) is 3.10. The molecule has 0 saturated heterocycles. The number of hydrogen-bond donors (Lipinski definition) is 1. The summed E-state index contributed by atoms with van der Waals surface area (Å²) in [6.45, 7) is 5.90. The van der Waals surface area contributed by atoms with Crippen LogP contribution in [0, 0.1) is 23.5 Å². The molecule has 2 unspecified atom stereocenters. The Morgan fingerprint density at radius 1 is 1.19 bits per heavy atom. The maximum atomic E-state index is 13.3. The van der Waals surface area contributed by atoms with Crippen molar-refractivity contribution in [1.29, 1.82) is 0 Å². The molecule has 0 bridgehead atoms. The Bertz CT molecular complexity index is 350. The summed E-state index contributed by atoms with van der Waals surface area (Å²) in [4.78, 5) is 0. The Morgan fingerprint density at radius 2 is 1.81 bits per heavy atom. The second-order valence-corrected chi connectivity index (χ2v) is 4.61. The van der Waals surface area contributed by atoms with Gasteiger partial charge in [0.2, 0.25) is 0 Å². The normalized spacial score (nSPS) is 15.2. The predicted octanol–water partition coefficient (Wildman–Crippen LogP) is 3.16. The van der Waals surface area contributed by atoms with Crippen LogP contribution in [0.2, 0.25) is 0 Å². The minimum atomic E-state index is -0.642. The molecule has 0 amide bonds. The van der Waals surface area contributed by atoms with E-state index in [1.165, 1.54) is 0 Å². The van der Waals surface area contributed by atoms with Crippen molar-refractivity contribution in [2.45, 2.75) is 33.3 Å². The summed E-state index contributed by atoms with van der Waals surface area (Å²) < 4.78 is 26.2. The van der Waals surface area contributed by atoms with Crippen LogP contribution in [0.15, 0.2) is 18.2 Å². The van der Waals surface area contributed by atoms with Crippen LogP contribution in [0.4, 0.5) is 8.78 Å². The Labute approximate surface area is 95.1 Å². The minimum Gasteiger partial charge on any atom is -0.392 e. The number of hydrogen-bond acceptors (Lipinski definition) is 1. The van der Waals surface area contributed by atoms with Gasteiger partial charge in [0.25, 0.3) is 0 Å². The smallest absolute Gasteiger partial charge is 0.126 e. The zero-order valence-electron chi connectivity index (χ0n) is 9.87.